The molecule has 0 aliphatic carbocycles. The van der Waals surface area contributed by atoms with E-state index in [0.29, 0.717) is 22.5 Å². The van der Waals surface area contributed by atoms with E-state index in [-0.39, 0.29) is 0 Å². The van der Waals surface area contributed by atoms with Gasteiger partial charge in [0.2, 0.25) is 0 Å². The molecule has 8 nitrogen and oxygen atoms in total. The van der Waals surface area contributed by atoms with E-state index in [0.717, 1.165) is 144 Å². The van der Waals surface area contributed by atoms with Crippen molar-refractivity contribution in [3.05, 3.63) is 315 Å². The zero-order chi connectivity index (χ0) is 60.1. The van der Waals surface area contributed by atoms with Crippen LogP contribution in [0, 0.1) is 22.7 Å². The highest BCUT2D eigenvalue weighted by Crippen LogP contribution is 2.45. The summed E-state index contributed by atoms with van der Waals surface area (Å²) in [5.74, 6) is 0. The summed E-state index contributed by atoms with van der Waals surface area (Å²) in [5, 5.41) is 26.9. The smallest absolute Gasteiger partial charge is 0.104 e. The average Bonchev–Trinajstić information content (AvgIpc) is 1.60. The minimum absolute atomic E-state index is 0.435. The lowest BCUT2D eigenvalue weighted by atomic mass is 9.96. The van der Waals surface area contributed by atoms with Crippen LogP contribution in [-0.2, 0) is 0 Å². The average molecular weight is 1150 g/mol. The van der Waals surface area contributed by atoms with Crippen LogP contribution in [0.2, 0.25) is 0 Å². The van der Waals surface area contributed by atoms with Gasteiger partial charge in [0.25, 0.3) is 0 Å². The lowest BCUT2D eigenvalue weighted by molar-refractivity contribution is 1.12. The third-order valence-corrected chi connectivity index (χ3v) is 17.2. The van der Waals surface area contributed by atoms with E-state index in [1.54, 1.807) is 0 Å². The Bertz CT molecular complexity index is 5210. The van der Waals surface area contributed by atoms with Gasteiger partial charge in [0.15, 0.2) is 0 Å². The number of nitrogens with zero attached hydrogens (tertiary/aromatic N) is 8. The Labute approximate surface area is 519 Å². The van der Waals surface area contributed by atoms with Crippen molar-refractivity contribution in [2.24, 2.45) is 0 Å². The first-order valence-corrected chi connectivity index (χ1v) is 29.8. The van der Waals surface area contributed by atoms with E-state index in [2.05, 4.69) is 203 Å². The first-order valence-electron chi connectivity index (χ1n) is 29.8. The molecule has 0 fully saturated rings. The topological polar surface area (TPSA) is 109 Å². The number of benzene rings is 10. The van der Waals surface area contributed by atoms with Crippen molar-refractivity contribution in [3.63, 3.8) is 0 Å². The zero-order valence-corrected chi connectivity index (χ0v) is 48.4. The third kappa shape index (κ3) is 9.42. The van der Waals surface area contributed by atoms with Crippen molar-refractivity contribution in [1.29, 1.82) is 10.5 Å². The lowest BCUT2D eigenvalue weighted by Crippen LogP contribution is -2.06. The number of pyridine rings is 4. The molecule has 16 rings (SSSR count). The standard InChI is InChI=1S/C82H50N8/c83-47-53-14-13-23-62(42-53)67-36-41-77(89-78-43-58(63-28-37-73(85-49-63)54-15-5-1-6-16-54)24-32-68(78)69-33-25-59(44-79(69)89)64-29-38-74(86-50-64)55-17-7-2-8-18-55)72(48-84)82(67)90-80-45-60(65-30-39-75(87-51-65)56-19-9-3-10-20-56)26-34-70(80)71-35-27-61(46-81(71)90)66-31-40-76(88-52-66)57-21-11-4-12-22-57/h1-46,49-52H. The minimum atomic E-state index is 0.435. The van der Waals surface area contributed by atoms with Crippen LogP contribution >= 0.6 is 0 Å². The van der Waals surface area contributed by atoms with E-state index in [1.807, 2.05) is 122 Å². The fraction of sp³-hybridized carbons (Fsp3) is 0. The molecule has 0 saturated heterocycles. The minimum Gasteiger partial charge on any atom is -0.308 e. The van der Waals surface area contributed by atoms with Crippen LogP contribution in [0.5, 0.6) is 0 Å². The van der Waals surface area contributed by atoms with Crippen molar-refractivity contribution in [1.82, 2.24) is 29.1 Å². The molecule has 0 spiro atoms. The number of rotatable bonds is 11. The van der Waals surface area contributed by atoms with Crippen LogP contribution < -0.4 is 0 Å². The summed E-state index contributed by atoms with van der Waals surface area (Å²) >= 11 is 0. The van der Waals surface area contributed by atoms with Gasteiger partial charge in [-0.1, -0.05) is 212 Å². The third-order valence-electron chi connectivity index (χ3n) is 17.2. The molecule has 16 aromatic rings. The molecule has 10 aromatic carbocycles. The SMILES string of the molecule is N#Cc1cccc(-c2ccc(-n3c4cc(-c5ccc(-c6ccccc6)nc5)ccc4c4ccc(-c5ccc(-c6ccccc6)nc5)cc43)c(C#N)c2-n2c3cc(-c4ccc(-c5ccccc5)nc4)ccc3c3ccc(-c4ccc(-c5ccccc5)nc4)cc32)c1. The van der Waals surface area contributed by atoms with Crippen LogP contribution in [0.4, 0.5) is 0 Å². The maximum absolute atomic E-state index is 12.4. The van der Waals surface area contributed by atoms with E-state index >= 15 is 0 Å². The van der Waals surface area contributed by atoms with Crippen LogP contribution in [0.1, 0.15) is 11.1 Å². The second-order valence-electron chi connectivity index (χ2n) is 22.5. The number of hydrogen-bond acceptors (Lipinski definition) is 6. The lowest BCUT2D eigenvalue weighted by Gasteiger charge is -2.20. The zero-order valence-electron chi connectivity index (χ0n) is 48.4. The summed E-state index contributed by atoms with van der Waals surface area (Å²) in [6.45, 7) is 0. The summed E-state index contributed by atoms with van der Waals surface area (Å²) in [4.78, 5) is 19.9. The molecule has 0 aliphatic rings. The molecule has 418 valence electrons. The monoisotopic (exact) mass is 1150 g/mol. The number of aromatic nitrogens is 6. The molecular formula is C82H50N8. The number of nitriles is 2. The highest BCUT2D eigenvalue weighted by molar-refractivity contribution is 6.14. The first-order chi connectivity index (χ1) is 44.5. The molecule has 90 heavy (non-hydrogen) atoms. The van der Waals surface area contributed by atoms with Crippen molar-refractivity contribution >= 4 is 43.6 Å². The second kappa shape index (κ2) is 22.3. The van der Waals surface area contributed by atoms with Crippen LogP contribution in [0.3, 0.4) is 0 Å². The van der Waals surface area contributed by atoms with Gasteiger partial charge in [-0.05, 0) is 94.5 Å². The number of fused-ring (bicyclic) bond motifs is 6. The van der Waals surface area contributed by atoms with E-state index in [4.69, 9.17) is 19.9 Å². The van der Waals surface area contributed by atoms with Gasteiger partial charge in [0.1, 0.15) is 11.6 Å². The Morgan fingerprint density at radius 3 is 0.911 bits per heavy atom. The predicted octanol–water partition coefficient (Wildman–Crippen LogP) is 20.2. The molecule has 0 radical (unpaired) electrons. The Hall–Kier alpha value is -12.6. The highest BCUT2D eigenvalue weighted by atomic mass is 15.0. The molecular weight excluding hydrogens is 1100 g/mol. The fourth-order valence-electron chi connectivity index (χ4n) is 12.7. The second-order valence-corrected chi connectivity index (χ2v) is 22.5. The molecule has 0 aliphatic heterocycles. The summed E-state index contributed by atoms with van der Waals surface area (Å²) in [7, 11) is 0. The Balaban J connectivity index is 0.963. The van der Waals surface area contributed by atoms with Gasteiger partial charge in [0, 0.05) is 96.4 Å². The highest BCUT2D eigenvalue weighted by Gasteiger charge is 2.26. The van der Waals surface area contributed by atoms with Gasteiger partial charge in [0.05, 0.1) is 67.8 Å². The molecule has 6 heterocycles. The van der Waals surface area contributed by atoms with Crippen molar-refractivity contribution < 1.29 is 0 Å². The molecule has 0 unspecified atom stereocenters. The van der Waals surface area contributed by atoms with Gasteiger partial charge in [-0.2, -0.15) is 10.5 Å². The van der Waals surface area contributed by atoms with Crippen LogP contribution in [0.25, 0.3) is 156 Å². The first kappa shape index (κ1) is 52.9. The van der Waals surface area contributed by atoms with Gasteiger partial charge in [-0.25, -0.2) is 0 Å². The maximum Gasteiger partial charge on any atom is 0.104 e. The van der Waals surface area contributed by atoms with Gasteiger partial charge in [-0.15, -0.1) is 0 Å². The van der Waals surface area contributed by atoms with Gasteiger partial charge < -0.3 is 9.13 Å². The summed E-state index contributed by atoms with van der Waals surface area (Å²) in [6, 6.07) is 101. The van der Waals surface area contributed by atoms with Crippen molar-refractivity contribution in [3.8, 4) is 124 Å². The molecule has 0 saturated carbocycles. The largest absolute Gasteiger partial charge is 0.308 e. The number of hydrogen-bond donors (Lipinski definition) is 0. The van der Waals surface area contributed by atoms with Crippen molar-refractivity contribution in [2.45, 2.75) is 0 Å². The maximum atomic E-state index is 12.4. The van der Waals surface area contributed by atoms with E-state index in [1.165, 1.54) is 0 Å². The van der Waals surface area contributed by atoms with Crippen molar-refractivity contribution in [2.75, 3.05) is 0 Å². The Kier molecular flexibility index (Phi) is 13.1. The Morgan fingerprint density at radius 2 is 0.589 bits per heavy atom. The molecule has 6 aromatic heterocycles. The summed E-state index contributed by atoms with van der Waals surface area (Å²) in [6.07, 6.45) is 7.76. The van der Waals surface area contributed by atoms with Crippen LogP contribution in [0.15, 0.2) is 304 Å². The normalized spacial score (nSPS) is 11.3. The Morgan fingerprint density at radius 1 is 0.256 bits per heavy atom. The molecule has 0 atom stereocenters. The van der Waals surface area contributed by atoms with Gasteiger partial charge in [-0.3, -0.25) is 19.9 Å². The van der Waals surface area contributed by atoms with E-state index < -0.39 is 0 Å². The summed E-state index contributed by atoms with van der Waals surface area (Å²) in [5.41, 5.74) is 22.8. The van der Waals surface area contributed by atoms with E-state index in [9.17, 15) is 10.5 Å². The quantitative estimate of drug-likeness (QED) is 0.128. The van der Waals surface area contributed by atoms with Crippen LogP contribution in [-0.4, -0.2) is 29.1 Å². The molecule has 0 N–H and O–H groups in total. The predicted molar refractivity (Wildman–Crippen MR) is 365 cm³/mol. The van der Waals surface area contributed by atoms with Gasteiger partial charge >= 0.3 is 0 Å². The fourth-order valence-corrected chi connectivity index (χ4v) is 12.7. The molecule has 0 bridgehead atoms. The molecule has 8 heteroatoms. The molecule has 0 amide bonds. The summed E-state index contributed by atoms with van der Waals surface area (Å²) < 4.78 is 4.54.